The number of nitrogens with zero attached hydrogens (tertiary/aromatic N) is 2. The number of halogens is 4. The quantitative estimate of drug-likeness (QED) is 0.528. The third-order valence-electron chi connectivity index (χ3n) is 1.26. The fraction of sp³-hybridized carbons (Fsp3) is 0.500. The van der Waals surface area contributed by atoms with E-state index in [0.717, 1.165) is 19.3 Å². The van der Waals surface area contributed by atoms with E-state index in [0.29, 0.717) is 13.3 Å². The number of hydrogen-bond donors (Lipinski definition) is 0. The van der Waals surface area contributed by atoms with Crippen LogP contribution >= 0.6 is 63.7 Å². The summed E-state index contributed by atoms with van der Waals surface area (Å²) in [7, 11) is 0. The fourth-order valence-electron chi connectivity index (χ4n) is 0.700. The van der Waals surface area contributed by atoms with Crippen molar-refractivity contribution in [1.29, 1.82) is 0 Å². The van der Waals surface area contributed by atoms with Crippen LogP contribution in [0.15, 0.2) is 13.9 Å². The molecule has 13 heavy (non-hydrogen) atoms. The van der Waals surface area contributed by atoms with Gasteiger partial charge in [0, 0.05) is 5.33 Å². The summed E-state index contributed by atoms with van der Waals surface area (Å²) in [6.45, 7) is 1.15. The van der Waals surface area contributed by atoms with Crippen LogP contribution in [-0.2, 0) is 11.5 Å². The first-order chi connectivity index (χ1) is 6.16. The Bertz CT molecular complexity index is 288. The SMILES string of the molecule is BrCCOCn1c(Br)nc(Br)c1Br. The molecule has 74 valence electrons. The Morgan fingerprint density at radius 1 is 1.31 bits per heavy atom. The molecule has 1 aromatic rings. The number of hydrogen-bond acceptors (Lipinski definition) is 2. The van der Waals surface area contributed by atoms with E-state index < -0.39 is 0 Å². The molecule has 1 aromatic heterocycles. The van der Waals surface area contributed by atoms with Gasteiger partial charge in [-0.2, -0.15) is 0 Å². The molecule has 0 N–H and O–H groups in total. The second kappa shape index (κ2) is 5.85. The highest BCUT2D eigenvalue weighted by atomic mass is 79.9. The molecule has 0 saturated carbocycles. The molecule has 0 saturated heterocycles. The standard InChI is InChI=1S/C6H6Br4N2O/c7-1-2-13-3-12-5(9)4(8)11-6(12)10/h1-3H2. The van der Waals surface area contributed by atoms with Gasteiger partial charge in [-0.15, -0.1) is 0 Å². The van der Waals surface area contributed by atoms with Crippen molar-refractivity contribution < 1.29 is 4.74 Å². The van der Waals surface area contributed by atoms with Gasteiger partial charge in [0.15, 0.2) is 4.73 Å². The van der Waals surface area contributed by atoms with E-state index in [1.807, 2.05) is 4.57 Å². The van der Waals surface area contributed by atoms with Crippen molar-refractivity contribution in [1.82, 2.24) is 9.55 Å². The maximum atomic E-state index is 5.34. The van der Waals surface area contributed by atoms with E-state index in [9.17, 15) is 0 Å². The highest BCUT2D eigenvalue weighted by Gasteiger charge is 2.10. The lowest BCUT2D eigenvalue weighted by molar-refractivity contribution is 0.0873. The summed E-state index contributed by atoms with van der Waals surface area (Å²) >= 11 is 13.3. The van der Waals surface area contributed by atoms with Crippen LogP contribution in [0.4, 0.5) is 0 Å². The number of aromatic nitrogens is 2. The second-order valence-electron chi connectivity index (χ2n) is 2.12. The highest BCUT2D eigenvalue weighted by Crippen LogP contribution is 2.26. The molecule has 0 aliphatic heterocycles. The van der Waals surface area contributed by atoms with E-state index in [-0.39, 0.29) is 0 Å². The zero-order valence-electron chi connectivity index (χ0n) is 6.44. The summed E-state index contributed by atoms with van der Waals surface area (Å²) in [5.41, 5.74) is 0. The first-order valence-electron chi connectivity index (χ1n) is 3.37. The normalized spacial score (nSPS) is 10.8. The van der Waals surface area contributed by atoms with Gasteiger partial charge in [-0.25, -0.2) is 4.98 Å². The van der Waals surface area contributed by atoms with E-state index in [1.54, 1.807) is 0 Å². The predicted molar refractivity (Wildman–Crippen MR) is 65.1 cm³/mol. The molecule has 0 aromatic carbocycles. The molecule has 0 atom stereocenters. The Hall–Kier alpha value is 1.09. The number of alkyl halides is 1. The van der Waals surface area contributed by atoms with Crippen LogP contribution in [0.3, 0.4) is 0 Å². The van der Waals surface area contributed by atoms with Gasteiger partial charge in [0.05, 0.1) is 6.61 Å². The van der Waals surface area contributed by atoms with E-state index in [1.165, 1.54) is 0 Å². The summed E-state index contributed by atoms with van der Waals surface area (Å²) < 4.78 is 9.58. The van der Waals surface area contributed by atoms with Gasteiger partial charge >= 0.3 is 0 Å². The smallest absolute Gasteiger partial charge is 0.181 e. The van der Waals surface area contributed by atoms with Crippen LogP contribution in [0, 0.1) is 0 Å². The Morgan fingerprint density at radius 2 is 2.00 bits per heavy atom. The first-order valence-corrected chi connectivity index (χ1v) is 6.87. The van der Waals surface area contributed by atoms with Crippen molar-refractivity contribution in [3.05, 3.63) is 13.9 Å². The van der Waals surface area contributed by atoms with Crippen LogP contribution in [0.1, 0.15) is 0 Å². The zero-order valence-corrected chi connectivity index (χ0v) is 12.8. The minimum absolute atomic E-state index is 0.478. The van der Waals surface area contributed by atoms with E-state index in [2.05, 4.69) is 68.7 Å². The topological polar surface area (TPSA) is 27.1 Å². The lowest BCUT2D eigenvalue weighted by Crippen LogP contribution is -2.04. The third-order valence-corrected chi connectivity index (χ3v) is 4.08. The molecule has 3 nitrogen and oxygen atoms in total. The van der Waals surface area contributed by atoms with Gasteiger partial charge in [0.25, 0.3) is 0 Å². The molecule has 0 spiro atoms. The molecule has 1 rings (SSSR count). The van der Waals surface area contributed by atoms with Crippen molar-refractivity contribution in [2.24, 2.45) is 0 Å². The molecule has 1 heterocycles. The predicted octanol–water partition coefficient (Wildman–Crippen LogP) is 3.54. The molecular formula is C6H6Br4N2O. The molecule has 0 unspecified atom stereocenters. The Balaban J connectivity index is 2.64. The fourth-order valence-corrected chi connectivity index (χ4v) is 2.60. The van der Waals surface area contributed by atoms with E-state index in [4.69, 9.17) is 4.74 Å². The maximum Gasteiger partial charge on any atom is 0.181 e. The number of ether oxygens (including phenoxy) is 1. The molecule has 0 amide bonds. The van der Waals surface area contributed by atoms with Gasteiger partial charge in [-0.1, -0.05) is 15.9 Å². The number of imidazole rings is 1. The average molecular weight is 442 g/mol. The van der Waals surface area contributed by atoms with Gasteiger partial charge in [-0.3, -0.25) is 4.57 Å². The first kappa shape index (κ1) is 12.2. The average Bonchev–Trinajstić information content (AvgIpc) is 2.32. The highest BCUT2D eigenvalue weighted by molar-refractivity contribution is 9.13. The minimum atomic E-state index is 0.478. The van der Waals surface area contributed by atoms with Crippen LogP contribution in [-0.4, -0.2) is 21.5 Å². The largest absolute Gasteiger partial charge is 0.360 e. The van der Waals surface area contributed by atoms with Gasteiger partial charge < -0.3 is 4.74 Å². The minimum Gasteiger partial charge on any atom is -0.360 e. The summed E-state index contributed by atoms with van der Waals surface area (Å²) in [6, 6.07) is 0. The van der Waals surface area contributed by atoms with Crippen LogP contribution in [0.2, 0.25) is 0 Å². The molecule has 0 fully saturated rings. The lowest BCUT2D eigenvalue weighted by atomic mass is 10.8. The Kier molecular flexibility index (Phi) is 5.47. The van der Waals surface area contributed by atoms with Crippen LogP contribution in [0.25, 0.3) is 0 Å². The molecule has 7 heteroatoms. The summed E-state index contributed by atoms with van der Waals surface area (Å²) in [6.07, 6.45) is 0. The maximum absolute atomic E-state index is 5.34. The summed E-state index contributed by atoms with van der Waals surface area (Å²) in [5, 5.41) is 0.831. The summed E-state index contributed by atoms with van der Waals surface area (Å²) in [4.78, 5) is 4.15. The van der Waals surface area contributed by atoms with E-state index >= 15 is 0 Å². The van der Waals surface area contributed by atoms with Crippen LogP contribution < -0.4 is 0 Å². The van der Waals surface area contributed by atoms with Gasteiger partial charge in [-0.05, 0) is 47.8 Å². The zero-order chi connectivity index (χ0) is 9.84. The second-order valence-corrected chi connectivity index (χ2v) is 5.12. The molecule has 0 aliphatic rings. The third kappa shape index (κ3) is 3.30. The van der Waals surface area contributed by atoms with Crippen molar-refractivity contribution >= 4 is 63.7 Å². The van der Waals surface area contributed by atoms with Crippen molar-refractivity contribution in [3.63, 3.8) is 0 Å². The van der Waals surface area contributed by atoms with Gasteiger partial charge in [0.1, 0.15) is 15.9 Å². The Morgan fingerprint density at radius 3 is 2.46 bits per heavy atom. The van der Waals surface area contributed by atoms with Crippen LogP contribution in [0.5, 0.6) is 0 Å². The molecule has 0 bridgehead atoms. The van der Waals surface area contributed by atoms with Crippen molar-refractivity contribution in [3.8, 4) is 0 Å². The molecule has 0 radical (unpaired) electrons. The molecule has 0 aliphatic carbocycles. The Labute approximate surface area is 110 Å². The summed E-state index contributed by atoms with van der Waals surface area (Å²) in [5.74, 6) is 0. The van der Waals surface area contributed by atoms with Gasteiger partial charge in [0.2, 0.25) is 0 Å². The lowest BCUT2D eigenvalue weighted by Gasteiger charge is -2.05. The monoisotopic (exact) mass is 438 g/mol. The molecular weight excluding hydrogens is 436 g/mol. The van der Waals surface area contributed by atoms with Crippen molar-refractivity contribution in [2.75, 3.05) is 11.9 Å². The van der Waals surface area contributed by atoms with Crippen molar-refractivity contribution in [2.45, 2.75) is 6.73 Å². The number of rotatable bonds is 4.